The maximum atomic E-state index is 13.1. The van der Waals surface area contributed by atoms with Gasteiger partial charge < -0.3 is 5.11 Å². The summed E-state index contributed by atoms with van der Waals surface area (Å²) < 4.78 is 15.2. The van der Waals surface area contributed by atoms with Gasteiger partial charge in [0.2, 0.25) is 0 Å². The van der Waals surface area contributed by atoms with Crippen LogP contribution in [0, 0.1) is 5.82 Å². The summed E-state index contributed by atoms with van der Waals surface area (Å²) in [5, 5.41) is 10.2. The van der Waals surface area contributed by atoms with Gasteiger partial charge >= 0.3 is 0 Å². The van der Waals surface area contributed by atoms with Crippen molar-refractivity contribution in [2.45, 2.75) is 6.10 Å². The summed E-state index contributed by atoms with van der Waals surface area (Å²) in [5.74, 6) is -0.341. The summed E-state index contributed by atoms with van der Waals surface area (Å²) in [5.41, 5.74) is 1.41. The fourth-order valence-corrected chi connectivity index (χ4v) is 4.68. The minimum Gasteiger partial charge on any atom is -0.384 e. The number of hydrogen-bond acceptors (Lipinski definition) is 2. The normalized spacial score (nSPS) is 12.8. The lowest BCUT2D eigenvalue weighted by molar-refractivity contribution is 0.220. The van der Waals surface area contributed by atoms with Gasteiger partial charge in [0.1, 0.15) is 11.9 Å². The molecule has 2 rings (SSSR count). The van der Waals surface area contributed by atoms with Gasteiger partial charge in [0.25, 0.3) is 0 Å². The van der Waals surface area contributed by atoms with Gasteiger partial charge in [0, 0.05) is 5.56 Å². The summed E-state index contributed by atoms with van der Waals surface area (Å²) in [4.78, 5) is 0. The second kappa shape index (κ2) is 5.48. The van der Waals surface area contributed by atoms with Gasteiger partial charge in [0.05, 0.1) is 12.0 Å². The van der Waals surface area contributed by atoms with Crippen LogP contribution in [0.4, 0.5) is 4.39 Å². The van der Waals surface area contributed by atoms with E-state index < -0.39 is 6.10 Å². The topological polar surface area (TPSA) is 20.2 Å². The standard InChI is InChI=1S/C11H6Br3FOS/c12-7-3-5(1-2-8(7)15)10(16)6-4-9(13)17-11(6)14/h1-4,10,16H. The Kier molecular flexibility index (Phi) is 4.41. The summed E-state index contributed by atoms with van der Waals surface area (Å²) in [6, 6.07) is 6.33. The highest BCUT2D eigenvalue weighted by Gasteiger charge is 2.17. The first kappa shape index (κ1) is 13.7. The molecule has 0 saturated carbocycles. The SMILES string of the molecule is OC(c1ccc(F)c(Br)c1)c1cc(Br)sc1Br. The van der Waals surface area contributed by atoms with Crippen molar-refractivity contribution in [1.29, 1.82) is 0 Å². The van der Waals surface area contributed by atoms with Gasteiger partial charge in [-0.3, -0.25) is 0 Å². The van der Waals surface area contributed by atoms with Crippen LogP contribution in [0.2, 0.25) is 0 Å². The number of thiophene rings is 1. The van der Waals surface area contributed by atoms with Crippen molar-refractivity contribution in [1.82, 2.24) is 0 Å². The fraction of sp³-hybridized carbons (Fsp3) is 0.0909. The molecule has 0 spiro atoms. The molecule has 17 heavy (non-hydrogen) atoms. The Hall–Kier alpha value is 0.250. The zero-order chi connectivity index (χ0) is 12.6. The third kappa shape index (κ3) is 2.98. The van der Waals surface area contributed by atoms with E-state index in [-0.39, 0.29) is 5.82 Å². The molecule has 0 aliphatic rings. The second-order valence-electron chi connectivity index (χ2n) is 3.36. The first-order valence-corrected chi connectivity index (χ1v) is 7.76. The van der Waals surface area contributed by atoms with E-state index in [1.165, 1.54) is 17.4 Å². The lowest BCUT2D eigenvalue weighted by atomic mass is 10.0. The molecule has 1 aromatic carbocycles. The minimum absolute atomic E-state index is 0.341. The van der Waals surface area contributed by atoms with E-state index in [4.69, 9.17) is 0 Å². The Labute approximate surface area is 127 Å². The molecule has 0 aliphatic heterocycles. The summed E-state index contributed by atoms with van der Waals surface area (Å²) in [6.07, 6.45) is -0.774. The van der Waals surface area contributed by atoms with Crippen molar-refractivity contribution in [3.8, 4) is 0 Å². The number of aliphatic hydroxyl groups is 1. The van der Waals surface area contributed by atoms with E-state index in [1.807, 2.05) is 6.07 Å². The van der Waals surface area contributed by atoms with Crippen molar-refractivity contribution in [3.05, 3.63) is 53.3 Å². The van der Waals surface area contributed by atoms with E-state index in [1.54, 1.807) is 12.1 Å². The van der Waals surface area contributed by atoms with Crippen LogP contribution in [0.15, 0.2) is 36.3 Å². The van der Waals surface area contributed by atoms with Crippen molar-refractivity contribution in [3.63, 3.8) is 0 Å². The molecule has 0 bridgehead atoms. The molecule has 1 atom stereocenters. The highest BCUT2D eigenvalue weighted by molar-refractivity contribution is 9.12. The summed E-state index contributed by atoms with van der Waals surface area (Å²) >= 11 is 11.3. The first-order valence-electron chi connectivity index (χ1n) is 4.57. The summed E-state index contributed by atoms with van der Waals surface area (Å²) in [6.45, 7) is 0. The molecule has 2 aromatic rings. The second-order valence-corrected chi connectivity index (χ2v) is 7.96. The number of aliphatic hydroxyl groups excluding tert-OH is 1. The van der Waals surface area contributed by atoms with Crippen LogP contribution in [-0.2, 0) is 0 Å². The smallest absolute Gasteiger partial charge is 0.137 e. The predicted octanol–water partition coefficient (Wildman–Crippen LogP) is 5.26. The van der Waals surface area contributed by atoms with Crippen molar-refractivity contribution in [2.24, 2.45) is 0 Å². The van der Waals surface area contributed by atoms with Gasteiger partial charge in [-0.1, -0.05) is 6.07 Å². The maximum Gasteiger partial charge on any atom is 0.137 e. The largest absolute Gasteiger partial charge is 0.384 e. The van der Waals surface area contributed by atoms with Crippen LogP contribution < -0.4 is 0 Å². The highest BCUT2D eigenvalue weighted by Crippen LogP contribution is 2.38. The lowest BCUT2D eigenvalue weighted by Crippen LogP contribution is -1.99. The van der Waals surface area contributed by atoms with Crippen LogP contribution >= 0.6 is 59.1 Å². The Morgan fingerprint density at radius 3 is 2.41 bits per heavy atom. The van der Waals surface area contributed by atoms with Gasteiger partial charge in [-0.05, 0) is 71.6 Å². The van der Waals surface area contributed by atoms with Gasteiger partial charge in [0.15, 0.2) is 0 Å². The van der Waals surface area contributed by atoms with Crippen LogP contribution in [0.5, 0.6) is 0 Å². The zero-order valence-corrected chi connectivity index (χ0v) is 13.8. The van der Waals surface area contributed by atoms with E-state index in [2.05, 4.69) is 47.8 Å². The fourth-order valence-electron chi connectivity index (χ4n) is 1.40. The quantitative estimate of drug-likeness (QED) is 0.670. The van der Waals surface area contributed by atoms with Crippen molar-refractivity contribution >= 4 is 59.1 Å². The number of hydrogen-bond donors (Lipinski definition) is 1. The molecule has 1 heterocycles. The molecule has 0 aliphatic carbocycles. The van der Waals surface area contributed by atoms with Crippen LogP contribution in [0.25, 0.3) is 0 Å². The van der Waals surface area contributed by atoms with Crippen molar-refractivity contribution < 1.29 is 9.50 Å². The lowest BCUT2D eigenvalue weighted by Gasteiger charge is -2.10. The Morgan fingerprint density at radius 2 is 1.88 bits per heavy atom. The molecular weight excluding hydrogens is 439 g/mol. The van der Waals surface area contributed by atoms with Gasteiger partial charge in [-0.2, -0.15) is 0 Å². The molecule has 0 fully saturated rings. The van der Waals surface area contributed by atoms with Crippen LogP contribution in [0.1, 0.15) is 17.2 Å². The van der Waals surface area contributed by atoms with Crippen LogP contribution in [0.3, 0.4) is 0 Å². The molecule has 1 N–H and O–H groups in total. The molecule has 1 aromatic heterocycles. The molecule has 0 radical (unpaired) electrons. The van der Waals surface area contributed by atoms with Crippen molar-refractivity contribution in [2.75, 3.05) is 0 Å². The number of benzene rings is 1. The molecule has 0 saturated heterocycles. The Morgan fingerprint density at radius 1 is 1.18 bits per heavy atom. The third-order valence-corrected chi connectivity index (χ3v) is 5.23. The number of rotatable bonds is 2. The Balaban J connectivity index is 2.40. The van der Waals surface area contributed by atoms with E-state index in [0.717, 1.165) is 13.1 Å². The Bertz CT molecular complexity index is 556. The zero-order valence-electron chi connectivity index (χ0n) is 8.25. The predicted molar refractivity (Wildman–Crippen MR) is 77.9 cm³/mol. The highest BCUT2D eigenvalue weighted by atomic mass is 79.9. The summed E-state index contributed by atoms with van der Waals surface area (Å²) in [7, 11) is 0. The van der Waals surface area contributed by atoms with Gasteiger partial charge in [-0.15, -0.1) is 11.3 Å². The minimum atomic E-state index is -0.774. The molecule has 0 amide bonds. The van der Waals surface area contributed by atoms with Crippen LogP contribution in [-0.4, -0.2) is 5.11 Å². The monoisotopic (exact) mass is 442 g/mol. The molecule has 1 nitrogen and oxygen atoms in total. The van der Waals surface area contributed by atoms with E-state index in [9.17, 15) is 9.50 Å². The maximum absolute atomic E-state index is 13.1. The first-order chi connectivity index (χ1) is 7.99. The third-order valence-electron chi connectivity index (χ3n) is 2.24. The van der Waals surface area contributed by atoms with E-state index in [0.29, 0.717) is 10.0 Å². The van der Waals surface area contributed by atoms with E-state index >= 15 is 0 Å². The molecular formula is C11H6Br3FOS. The average Bonchev–Trinajstić information content (AvgIpc) is 2.61. The van der Waals surface area contributed by atoms with Gasteiger partial charge in [-0.25, -0.2) is 4.39 Å². The molecule has 90 valence electrons. The molecule has 6 heteroatoms. The molecule has 1 unspecified atom stereocenters. The number of halogens is 4. The average molecular weight is 445 g/mol.